The molecule has 164 valence electrons. The summed E-state index contributed by atoms with van der Waals surface area (Å²) in [6.07, 6.45) is 0.566. The van der Waals surface area contributed by atoms with E-state index in [2.05, 4.69) is 95.7 Å². The third-order valence-electron chi connectivity index (χ3n) is 7.12. The van der Waals surface area contributed by atoms with Gasteiger partial charge in [-0.1, -0.05) is 66.7 Å². The molecule has 0 aliphatic heterocycles. The van der Waals surface area contributed by atoms with Gasteiger partial charge in [0.1, 0.15) is 0 Å². The second-order valence-corrected chi connectivity index (χ2v) is 11.2. The molecule has 0 bridgehead atoms. The Morgan fingerprint density at radius 1 is 0.676 bits per heavy atom. The summed E-state index contributed by atoms with van der Waals surface area (Å²) >= 11 is 3.43. The van der Waals surface area contributed by atoms with Crippen molar-refractivity contribution in [3.05, 3.63) is 107 Å². The summed E-state index contributed by atoms with van der Waals surface area (Å²) in [5.41, 5.74) is 1.23. The normalized spacial score (nSPS) is 13.9. The Morgan fingerprint density at radius 2 is 1.47 bits per heavy atom. The molecule has 1 atom stereocenters. The molecule has 1 unspecified atom stereocenters. The molecule has 0 fully saturated rings. The summed E-state index contributed by atoms with van der Waals surface area (Å²) in [7, 11) is 0. The van der Waals surface area contributed by atoms with Crippen LogP contribution in [0.1, 0.15) is 18.1 Å². The first-order valence-electron chi connectivity index (χ1n) is 11.5. The molecule has 0 saturated heterocycles. The molecule has 7 rings (SSSR count). The van der Waals surface area contributed by atoms with E-state index in [0.717, 1.165) is 5.56 Å². The highest BCUT2D eigenvalue weighted by Crippen LogP contribution is 2.43. The Hall–Kier alpha value is -3.24. The fourth-order valence-corrected chi connectivity index (χ4v) is 7.47. The molecular weight excluding hydrogens is 452 g/mol. The van der Waals surface area contributed by atoms with Gasteiger partial charge in [0.15, 0.2) is 0 Å². The lowest BCUT2D eigenvalue weighted by Gasteiger charge is -2.25. The largest absolute Gasteiger partial charge is 0.385 e. The van der Waals surface area contributed by atoms with Gasteiger partial charge in [-0.3, -0.25) is 0 Å². The predicted molar refractivity (Wildman–Crippen MR) is 149 cm³/mol. The molecule has 0 aliphatic rings. The Morgan fingerprint density at radius 3 is 2.35 bits per heavy atom. The molecule has 34 heavy (non-hydrogen) atoms. The van der Waals surface area contributed by atoms with Gasteiger partial charge in [-0.25, -0.2) is 0 Å². The zero-order valence-electron chi connectivity index (χ0n) is 18.7. The number of aliphatic hydroxyl groups is 1. The second kappa shape index (κ2) is 7.38. The number of hydrogen-bond acceptors (Lipinski definition) is 3. The zero-order chi connectivity index (χ0) is 22.9. The van der Waals surface area contributed by atoms with Crippen LogP contribution in [0.4, 0.5) is 0 Å². The van der Waals surface area contributed by atoms with Crippen LogP contribution in [0, 0.1) is 0 Å². The SMILES string of the molecule is CC(O)(Cc1ccc2ccc3cc4ccccc4c4ccc1c2c34)c1ccsc1-c1cccs1. The molecule has 0 aliphatic carbocycles. The van der Waals surface area contributed by atoms with Crippen molar-refractivity contribution < 1.29 is 5.11 Å². The van der Waals surface area contributed by atoms with Crippen LogP contribution in [0.25, 0.3) is 52.8 Å². The molecule has 0 radical (unpaired) electrons. The van der Waals surface area contributed by atoms with Gasteiger partial charge in [0.2, 0.25) is 0 Å². The third kappa shape index (κ3) is 2.94. The van der Waals surface area contributed by atoms with E-state index in [1.165, 1.54) is 58.4 Å². The highest BCUT2D eigenvalue weighted by molar-refractivity contribution is 7.20. The smallest absolute Gasteiger partial charge is 0.0923 e. The lowest BCUT2D eigenvalue weighted by molar-refractivity contribution is 0.0590. The molecular formula is C31H22OS2. The monoisotopic (exact) mass is 474 g/mol. The van der Waals surface area contributed by atoms with Gasteiger partial charge in [-0.2, -0.15) is 0 Å². The van der Waals surface area contributed by atoms with Crippen LogP contribution >= 0.6 is 22.7 Å². The molecule has 1 N–H and O–H groups in total. The zero-order valence-corrected chi connectivity index (χ0v) is 20.3. The Labute approximate surface area is 205 Å². The van der Waals surface area contributed by atoms with E-state index in [-0.39, 0.29) is 0 Å². The minimum absolute atomic E-state index is 0.566. The summed E-state index contributed by atoms with van der Waals surface area (Å²) in [5.74, 6) is 0. The van der Waals surface area contributed by atoms with Crippen LogP contribution in [0.3, 0.4) is 0 Å². The minimum Gasteiger partial charge on any atom is -0.385 e. The second-order valence-electron chi connectivity index (χ2n) is 9.34. The van der Waals surface area contributed by atoms with E-state index in [0.29, 0.717) is 6.42 Å². The predicted octanol–water partition coefficient (Wildman–Crippen LogP) is 8.98. The summed E-state index contributed by atoms with van der Waals surface area (Å²) < 4.78 is 0. The standard InChI is InChI=1S/C31H22OS2/c1-31(32,26-14-16-34-30(26)27-7-4-15-33-27)18-22-11-9-19-8-10-21-17-20-5-2-3-6-23(20)25-13-12-24(22)28(19)29(21)25/h2-17,32H,18H2,1H3. The van der Waals surface area contributed by atoms with E-state index in [1.54, 1.807) is 22.7 Å². The maximum atomic E-state index is 11.8. The molecule has 0 spiro atoms. The van der Waals surface area contributed by atoms with Crippen molar-refractivity contribution in [3.63, 3.8) is 0 Å². The average molecular weight is 475 g/mol. The van der Waals surface area contributed by atoms with E-state index >= 15 is 0 Å². The van der Waals surface area contributed by atoms with Crippen LogP contribution in [0.15, 0.2) is 95.7 Å². The van der Waals surface area contributed by atoms with Gasteiger partial charge in [0.25, 0.3) is 0 Å². The fourth-order valence-electron chi connectivity index (χ4n) is 5.57. The highest BCUT2D eigenvalue weighted by atomic mass is 32.1. The summed E-state index contributed by atoms with van der Waals surface area (Å²) in [4.78, 5) is 2.39. The van der Waals surface area contributed by atoms with E-state index in [9.17, 15) is 5.11 Å². The van der Waals surface area contributed by atoms with E-state index in [1.807, 2.05) is 6.92 Å². The van der Waals surface area contributed by atoms with E-state index < -0.39 is 5.60 Å². The molecule has 5 aromatic carbocycles. The summed E-state index contributed by atoms with van der Waals surface area (Å²) in [5, 5.41) is 26.2. The van der Waals surface area contributed by atoms with Crippen LogP contribution < -0.4 is 0 Å². The van der Waals surface area contributed by atoms with Gasteiger partial charge in [0, 0.05) is 16.9 Å². The molecule has 2 aromatic heterocycles. The van der Waals surface area contributed by atoms with Crippen molar-refractivity contribution in [1.82, 2.24) is 0 Å². The Kier molecular flexibility index (Phi) is 4.38. The number of hydrogen-bond donors (Lipinski definition) is 1. The summed E-state index contributed by atoms with van der Waals surface area (Å²) in [6, 6.07) is 30.7. The minimum atomic E-state index is -0.963. The third-order valence-corrected chi connectivity index (χ3v) is 9.09. The molecule has 1 nitrogen and oxygen atoms in total. The topological polar surface area (TPSA) is 20.2 Å². The first kappa shape index (κ1) is 20.2. The molecule has 2 heterocycles. The average Bonchev–Trinajstić information content (AvgIpc) is 3.55. The van der Waals surface area contributed by atoms with Gasteiger partial charge < -0.3 is 5.11 Å². The van der Waals surface area contributed by atoms with Crippen molar-refractivity contribution in [2.24, 2.45) is 0 Å². The van der Waals surface area contributed by atoms with Crippen molar-refractivity contribution in [3.8, 4) is 9.75 Å². The van der Waals surface area contributed by atoms with Crippen LogP contribution in [0.2, 0.25) is 0 Å². The van der Waals surface area contributed by atoms with Crippen LogP contribution in [-0.4, -0.2) is 5.11 Å². The number of thiophene rings is 2. The summed E-state index contributed by atoms with van der Waals surface area (Å²) in [6.45, 7) is 1.96. The van der Waals surface area contributed by atoms with Crippen molar-refractivity contribution in [2.45, 2.75) is 18.9 Å². The van der Waals surface area contributed by atoms with Gasteiger partial charge in [-0.15, -0.1) is 22.7 Å². The van der Waals surface area contributed by atoms with Gasteiger partial charge >= 0.3 is 0 Å². The maximum Gasteiger partial charge on any atom is 0.0923 e. The van der Waals surface area contributed by atoms with E-state index in [4.69, 9.17) is 0 Å². The molecule has 3 heteroatoms. The van der Waals surface area contributed by atoms with Gasteiger partial charge in [-0.05, 0) is 84.5 Å². The Bertz CT molecular complexity index is 1800. The quantitative estimate of drug-likeness (QED) is 0.199. The fraction of sp³-hybridized carbons (Fsp3) is 0.0968. The lowest BCUT2D eigenvalue weighted by Crippen LogP contribution is -2.24. The van der Waals surface area contributed by atoms with Crippen LogP contribution in [-0.2, 0) is 12.0 Å². The van der Waals surface area contributed by atoms with Crippen molar-refractivity contribution in [2.75, 3.05) is 0 Å². The van der Waals surface area contributed by atoms with Crippen molar-refractivity contribution >= 4 is 65.8 Å². The van der Waals surface area contributed by atoms with Gasteiger partial charge in [0.05, 0.1) is 10.5 Å². The molecule has 0 amide bonds. The van der Waals surface area contributed by atoms with Crippen molar-refractivity contribution in [1.29, 1.82) is 0 Å². The first-order chi connectivity index (χ1) is 16.6. The first-order valence-corrected chi connectivity index (χ1v) is 13.3. The lowest BCUT2D eigenvalue weighted by atomic mass is 9.84. The number of rotatable bonds is 4. The number of benzene rings is 5. The number of fused-ring (bicyclic) bond motifs is 2. The van der Waals surface area contributed by atoms with Crippen LogP contribution in [0.5, 0.6) is 0 Å². The molecule has 0 saturated carbocycles. The Balaban J connectivity index is 1.43. The highest BCUT2D eigenvalue weighted by Gasteiger charge is 2.29. The molecule has 7 aromatic rings. The maximum absolute atomic E-state index is 11.8.